The first-order valence-electron chi connectivity index (χ1n) is 6.51. The molecule has 4 nitrogen and oxygen atoms in total. The minimum atomic E-state index is -3.88. The Morgan fingerprint density at radius 1 is 1.30 bits per heavy atom. The molecule has 1 aliphatic rings. The third kappa shape index (κ3) is 2.98. The van der Waals surface area contributed by atoms with Crippen LogP contribution in [-0.2, 0) is 10.0 Å². The van der Waals surface area contributed by atoms with Crippen molar-refractivity contribution >= 4 is 21.6 Å². The monoisotopic (exact) mass is 320 g/mol. The van der Waals surface area contributed by atoms with E-state index in [1.54, 1.807) is 0 Å². The molecule has 1 saturated carbocycles. The summed E-state index contributed by atoms with van der Waals surface area (Å²) in [6.07, 6.45) is 2.95. The zero-order valence-electron chi connectivity index (χ0n) is 11.2. The molecular weight excluding hydrogens is 303 g/mol. The third-order valence-electron chi connectivity index (χ3n) is 3.83. The van der Waals surface area contributed by atoms with E-state index in [0.29, 0.717) is 12.8 Å². The molecule has 0 bridgehead atoms. The van der Waals surface area contributed by atoms with E-state index in [4.69, 9.17) is 17.3 Å². The second-order valence-corrected chi connectivity index (χ2v) is 7.51. The molecule has 1 aromatic rings. The highest BCUT2D eigenvalue weighted by atomic mass is 35.5. The standard InChI is InChI=1S/C13H18ClFN2O2S/c1-17(10-7-5-9(16)6-8-10)20(18,19)12-4-2-3-11(14)13(12)15/h2-4,9-10H,5-8,16H2,1H3. The maximum atomic E-state index is 13.9. The average molecular weight is 321 g/mol. The zero-order chi connectivity index (χ0) is 14.9. The molecule has 1 aromatic carbocycles. The lowest BCUT2D eigenvalue weighted by atomic mass is 9.92. The van der Waals surface area contributed by atoms with Gasteiger partial charge in [-0.25, -0.2) is 12.8 Å². The fraction of sp³-hybridized carbons (Fsp3) is 0.538. The Labute approximate surface area is 123 Å². The molecule has 0 heterocycles. The Bertz CT molecular complexity index is 586. The van der Waals surface area contributed by atoms with Crippen LogP contribution in [0.1, 0.15) is 25.7 Å². The van der Waals surface area contributed by atoms with Gasteiger partial charge in [-0.1, -0.05) is 17.7 Å². The minimum absolute atomic E-state index is 0.130. The zero-order valence-corrected chi connectivity index (χ0v) is 12.8. The van der Waals surface area contributed by atoms with Crippen LogP contribution in [-0.4, -0.2) is 31.9 Å². The quantitative estimate of drug-likeness (QED) is 0.930. The van der Waals surface area contributed by atoms with E-state index in [1.807, 2.05) is 0 Å². The maximum Gasteiger partial charge on any atom is 0.246 e. The second-order valence-electron chi connectivity index (χ2n) is 5.14. The first-order chi connectivity index (χ1) is 9.34. The molecule has 2 N–H and O–H groups in total. The molecule has 1 aliphatic carbocycles. The van der Waals surface area contributed by atoms with E-state index in [0.717, 1.165) is 12.8 Å². The Morgan fingerprint density at radius 2 is 1.90 bits per heavy atom. The summed E-state index contributed by atoms with van der Waals surface area (Å²) < 4.78 is 40.1. The average Bonchev–Trinajstić information content (AvgIpc) is 2.41. The Morgan fingerprint density at radius 3 is 2.50 bits per heavy atom. The van der Waals surface area contributed by atoms with Gasteiger partial charge in [0.1, 0.15) is 4.90 Å². The van der Waals surface area contributed by atoms with Gasteiger partial charge in [0.05, 0.1) is 5.02 Å². The lowest BCUT2D eigenvalue weighted by Gasteiger charge is -2.32. The SMILES string of the molecule is CN(C1CCC(N)CC1)S(=O)(=O)c1cccc(Cl)c1F. The van der Waals surface area contributed by atoms with E-state index >= 15 is 0 Å². The van der Waals surface area contributed by atoms with Crippen molar-refractivity contribution in [3.8, 4) is 0 Å². The minimum Gasteiger partial charge on any atom is -0.328 e. The molecule has 0 aromatic heterocycles. The third-order valence-corrected chi connectivity index (χ3v) is 6.05. The molecule has 7 heteroatoms. The normalized spacial score (nSPS) is 24.1. The van der Waals surface area contributed by atoms with Gasteiger partial charge in [-0.15, -0.1) is 0 Å². The molecule has 0 amide bonds. The van der Waals surface area contributed by atoms with Gasteiger partial charge in [0.25, 0.3) is 0 Å². The highest BCUT2D eigenvalue weighted by Gasteiger charge is 2.32. The Kier molecular flexibility index (Phi) is 4.69. The van der Waals surface area contributed by atoms with E-state index in [9.17, 15) is 12.8 Å². The molecule has 2 rings (SSSR count). The van der Waals surface area contributed by atoms with Crippen LogP contribution in [0.4, 0.5) is 4.39 Å². The predicted octanol–water partition coefficient (Wildman–Crippen LogP) is 2.37. The van der Waals surface area contributed by atoms with Crippen molar-refractivity contribution in [2.75, 3.05) is 7.05 Å². The highest BCUT2D eigenvalue weighted by molar-refractivity contribution is 7.89. The van der Waals surface area contributed by atoms with Crippen molar-refractivity contribution in [3.63, 3.8) is 0 Å². The van der Waals surface area contributed by atoms with Crippen LogP contribution in [0.5, 0.6) is 0 Å². The number of hydrogen-bond acceptors (Lipinski definition) is 3. The summed E-state index contributed by atoms with van der Waals surface area (Å²) >= 11 is 5.65. The molecule has 0 spiro atoms. The predicted molar refractivity (Wildman–Crippen MR) is 76.6 cm³/mol. The second kappa shape index (κ2) is 5.97. The van der Waals surface area contributed by atoms with Gasteiger partial charge < -0.3 is 5.73 Å². The topological polar surface area (TPSA) is 63.4 Å². The largest absolute Gasteiger partial charge is 0.328 e. The number of rotatable bonds is 3. The van der Waals surface area contributed by atoms with Gasteiger partial charge in [0.15, 0.2) is 5.82 Å². The van der Waals surface area contributed by atoms with Crippen molar-refractivity contribution in [2.45, 2.75) is 42.7 Å². The van der Waals surface area contributed by atoms with Crippen LogP contribution in [0, 0.1) is 5.82 Å². The van der Waals surface area contributed by atoms with Crippen LogP contribution in [0.15, 0.2) is 23.1 Å². The maximum absolute atomic E-state index is 13.9. The summed E-state index contributed by atoms with van der Waals surface area (Å²) in [6, 6.07) is 3.99. The smallest absolute Gasteiger partial charge is 0.246 e. The number of hydrogen-bond donors (Lipinski definition) is 1. The molecule has 0 saturated heterocycles. The van der Waals surface area contributed by atoms with Crippen molar-refractivity contribution in [3.05, 3.63) is 29.0 Å². The van der Waals surface area contributed by atoms with Gasteiger partial charge in [-0.3, -0.25) is 0 Å². The number of halogens is 2. The molecule has 112 valence electrons. The van der Waals surface area contributed by atoms with Crippen LogP contribution >= 0.6 is 11.6 Å². The van der Waals surface area contributed by atoms with Crippen molar-refractivity contribution in [1.82, 2.24) is 4.31 Å². The summed E-state index contributed by atoms with van der Waals surface area (Å²) in [6.45, 7) is 0. The van der Waals surface area contributed by atoms with E-state index in [-0.39, 0.29) is 22.0 Å². The molecule has 0 radical (unpaired) electrons. The van der Waals surface area contributed by atoms with Crippen LogP contribution in [0.25, 0.3) is 0 Å². The van der Waals surface area contributed by atoms with Crippen LogP contribution in [0.3, 0.4) is 0 Å². The first kappa shape index (κ1) is 15.7. The summed E-state index contributed by atoms with van der Waals surface area (Å²) in [5.41, 5.74) is 5.82. The summed E-state index contributed by atoms with van der Waals surface area (Å²) in [5, 5.41) is -0.190. The summed E-state index contributed by atoms with van der Waals surface area (Å²) in [5.74, 6) is -0.895. The fourth-order valence-corrected chi connectivity index (χ4v) is 4.23. The van der Waals surface area contributed by atoms with Gasteiger partial charge in [-0.05, 0) is 37.8 Å². The lowest BCUT2D eigenvalue weighted by Crippen LogP contribution is -2.42. The lowest BCUT2D eigenvalue weighted by molar-refractivity contribution is 0.268. The van der Waals surface area contributed by atoms with Crippen molar-refractivity contribution in [1.29, 1.82) is 0 Å². The number of nitrogens with two attached hydrogens (primary N) is 1. The van der Waals surface area contributed by atoms with Crippen LogP contribution < -0.4 is 5.73 Å². The highest BCUT2D eigenvalue weighted by Crippen LogP contribution is 2.29. The van der Waals surface area contributed by atoms with Gasteiger partial charge in [0, 0.05) is 19.1 Å². The number of nitrogens with zero attached hydrogens (tertiary/aromatic N) is 1. The van der Waals surface area contributed by atoms with Gasteiger partial charge in [-0.2, -0.15) is 4.31 Å². The molecule has 20 heavy (non-hydrogen) atoms. The van der Waals surface area contributed by atoms with Gasteiger partial charge in [0.2, 0.25) is 10.0 Å². The molecule has 0 atom stereocenters. The van der Waals surface area contributed by atoms with E-state index < -0.39 is 15.8 Å². The van der Waals surface area contributed by atoms with E-state index in [1.165, 1.54) is 29.6 Å². The molecule has 0 unspecified atom stereocenters. The van der Waals surface area contributed by atoms with Gasteiger partial charge >= 0.3 is 0 Å². The molecule has 1 fully saturated rings. The molecule has 0 aliphatic heterocycles. The van der Waals surface area contributed by atoms with Crippen molar-refractivity contribution < 1.29 is 12.8 Å². The fourth-order valence-electron chi connectivity index (χ4n) is 2.50. The Balaban J connectivity index is 2.28. The summed E-state index contributed by atoms with van der Waals surface area (Å²) in [4.78, 5) is -0.373. The Hall–Kier alpha value is -0.690. The van der Waals surface area contributed by atoms with E-state index in [2.05, 4.69) is 0 Å². The number of benzene rings is 1. The summed E-state index contributed by atoms with van der Waals surface area (Å²) in [7, 11) is -2.39. The molecular formula is C13H18ClFN2O2S. The number of sulfonamides is 1. The van der Waals surface area contributed by atoms with Crippen LogP contribution in [0.2, 0.25) is 5.02 Å². The van der Waals surface area contributed by atoms with Crippen molar-refractivity contribution in [2.24, 2.45) is 5.73 Å². The first-order valence-corrected chi connectivity index (χ1v) is 8.33.